The van der Waals surface area contributed by atoms with Crippen LogP contribution in [0.4, 0.5) is 0 Å². The van der Waals surface area contributed by atoms with Crippen molar-refractivity contribution < 1.29 is 9.53 Å². The lowest BCUT2D eigenvalue weighted by molar-refractivity contribution is -0.144. The van der Waals surface area contributed by atoms with Gasteiger partial charge in [0.1, 0.15) is 12.4 Å². The maximum atomic E-state index is 11.0. The van der Waals surface area contributed by atoms with Crippen LogP contribution >= 0.6 is 0 Å². The van der Waals surface area contributed by atoms with Crippen molar-refractivity contribution >= 4 is 11.8 Å². The molecule has 1 heterocycles. The van der Waals surface area contributed by atoms with E-state index in [4.69, 9.17) is 4.74 Å². The number of carbonyl (C=O) groups is 1. The van der Waals surface area contributed by atoms with Crippen LogP contribution in [0.2, 0.25) is 0 Å². The van der Waals surface area contributed by atoms with E-state index in [-0.39, 0.29) is 12.5 Å². The molecule has 0 aromatic rings. The average molecular weight is 172 g/mol. The number of hydrazone groups is 1. The minimum Gasteiger partial charge on any atom is -0.465 e. The second-order valence-corrected chi connectivity index (χ2v) is 2.27. The Kier molecular flexibility index (Phi) is 2.87. The zero-order valence-corrected chi connectivity index (χ0v) is 7.13. The number of hydrogen-bond donors (Lipinski definition) is 2. The molecule has 0 amide bonds. The Labute approximate surface area is 70.5 Å². The molecule has 6 nitrogen and oxygen atoms in total. The third-order valence-corrected chi connectivity index (χ3v) is 1.39. The number of carbonyl (C=O) groups excluding carboxylic acids is 1. The quantitative estimate of drug-likeness (QED) is 0.546. The minimum atomic E-state index is -0.275. The van der Waals surface area contributed by atoms with Gasteiger partial charge in [0.25, 0.3) is 0 Å². The van der Waals surface area contributed by atoms with Gasteiger partial charge in [0.05, 0.1) is 6.61 Å². The molecule has 68 valence electrons. The number of nitrogens with zero attached hydrogens (tertiary/aromatic N) is 2. The van der Waals surface area contributed by atoms with E-state index in [1.165, 1.54) is 0 Å². The summed E-state index contributed by atoms with van der Waals surface area (Å²) in [7, 11) is 0. The van der Waals surface area contributed by atoms with Gasteiger partial charge in [0.15, 0.2) is 0 Å². The van der Waals surface area contributed by atoms with Crippen LogP contribution in [0.5, 0.6) is 0 Å². The summed E-state index contributed by atoms with van der Waals surface area (Å²) in [5, 5.41) is 5.37. The number of esters is 1. The monoisotopic (exact) mass is 172 g/mol. The van der Waals surface area contributed by atoms with Crippen LogP contribution in [-0.4, -0.2) is 30.0 Å². The van der Waals surface area contributed by atoms with E-state index in [0.29, 0.717) is 12.4 Å². The van der Waals surface area contributed by atoms with Crippen LogP contribution in [0.3, 0.4) is 0 Å². The van der Waals surface area contributed by atoms with Crippen LogP contribution in [0.25, 0.3) is 0 Å². The van der Waals surface area contributed by atoms with Crippen LogP contribution in [0.15, 0.2) is 5.10 Å². The van der Waals surface area contributed by atoms with Crippen molar-refractivity contribution in [2.45, 2.75) is 13.8 Å². The number of amidine groups is 1. The Morgan fingerprint density at radius 3 is 3.00 bits per heavy atom. The Hall–Kier alpha value is -1.30. The molecule has 0 aromatic carbocycles. The molecule has 0 fully saturated rings. The van der Waals surface area contributed by atoms with E-state index in [1.54, 1.807) is 18.9 Å². The zero-order valence-electron chi connectivity index (χ0n) is 7.13. The van der Waals surface area contributed by atoms with Crippen LogP contribution in [-0.2, 0) is 9.53 Å². The fraction of sp³-hybridized carbons (Fsp3) is 0.667. The van der Waals surface area contributed by atoms with E-state index >= 15 is 0 Å². The Bertz CT molecular complexity index is 204. The number of hydrazine groups is 2. The molecule has 0 bridgehead atoms. The highest BCUT2D eigenvalue weighted by atomic mass is 16.5. The maximum absolute atomic E-state index is 11.0. The molecule has 6 heteroatoms. The van der Waals surface area contributed by atoms with Gasteiger partial charge < -0.3 is 4.74 Å². The van der Waals surface area contributed by atoms with Gasteiger partial charge in [-0.05, 0) is 13.8 Å². The number of hydrogen-bond acceptors (Lipinski definition) is 6. The lowest BCUT2D eigenvalue weighted by Crippen LogP contribution is -2.43. The summed E-state index contributed by atoms with van der Waals surface area (Å²) in [4.78, 5) is 11.0. The third-order valence-electron chi connectivity index (χ3n) is 1.39. The number of rotatable bonds is 3. The summed E-state index contributed by atoms with van der Waals surface area (Å²) in [6, 6.07) is 0. The van der Waals surface area contributed by atoms with Crippen LogP contribution < -0.4 is 11.1 Å². The lowest BCUT2D eigenvalue weighted by atomic mass is 10.5. The molecule has 0 saturated carbocycles. The molecule has 0 atom stereocenters. The summed E-state index contributed by atoms with van der Waals surface area (Å²) in [6.07, 6.45) is 0. The van der Waals surface area contributed by atoms with E-state index in [9.17, 15) is 4.79 Å². The first-order valence-electron chi connectivity index (χ1n) is 3.72. The second kappa shape index (κ2) is 3.91. The highest BCUT2D eigenvalue weighted by Gasteiger charge is 2.15. The minimum absolute atomic E-state index is 0.163. The Balaban J connectivity index is 2.31. The fourth-order valence-corrected chi connectivity index (χ4v) is 0.797. The Morgan fingerprint density at radius 2 is 2.50 bits per heavy atom. The van der Waals surface area contributed by atoms with Gasteiger partial charge >= 0.3 is 5.97 Å². The molecular formula is C6H12N4O2. The zero-order chi connectivity index (χ0) is 8.97. The molecule has 1 rings (SSSR count). The summed E-state index contributed by atoms with van der Waals surface area (Å²) >= 11 is 0. The van der Waals surface area contributed by atoms with Crippen molar-refractivity contribution in [2.24, 2.45) is 5.10 Å². The first-order valence-corrected chi connectivity index (χ1v) is 3.72. The molecule has 0 aromatic heterocycles. The smallest absolute Gasteiger partial charge is 0.327 e. The molecule has 12 heavy (non-hydrogen) atoms. The van der Waals surface area contributed by atoms with Crippen LogP contribution in [0.1, 0.15) is 13.8 Å². The Morgan fingerprint density at radius 1 is 1.75 bits per heavy atom. The van der Waals surface area contributed by atoms with E-state index < -0.39 is 0 Å². The SMILES string of the molecule is CCOC(=O)CN1NNN=C1C. The summed E-state index contributed by atoms with van der Waals surface area (Å²) < 4.78 is 4.75. The lowest BCUT2D eigenvalue weighted by Gasteiger charge is -2.14. The first kappa shape index (κ1) is 8.79. The largest absolute Gasteiger partial charge is 0.465 e. The van der Waals surface area contributed by atoms with Gasteiger partial charge in [-0.3, -0.25) is 9.80 Å². The topological polar surface area (TPSA) is 66.0 Å². The molecule has 1 aliphatic heterocycles. The molecular weight excluding hydrogens is 160 g/mol. The summed E-state index contributed by atoms with van der Waals surface area (Å²) in [5.41, 5.74) is 5.20. The van der Waals surface area contributed by atoms with Gasteiger partial charge in [0, 0.05) is 0 Å². The third kappa shape index (κ3) is 2.09. The summed E-state index contributed by atoms with van der Waals surface area (Å²) in [6.45, 7) is 4.12. The summed E-state index contributed by atoms with van der Waals surface area (Å²) in [5.74, 6) is 0.436. The number of ether oxygens (including phenoxy) is 1. The van der Waals surface area contributed by atoms with Crippen molar-refractivity contribution in [1.82, 2.24) is 16.1 Å². The number of nitrogens with one attached hydrogen (secondary N) is 2. The fourth-order valence-electron chi connectivity index (χ4n) is 0.797. The van der Waals surface area contributed by atoms with Crippen molar-refractivity contribution in [2.75, 3.05) is 13.2 Å². The predicted octanol–water partition coefficient (Wildman–Crippen LogP) is -0.792. The van der Waals surface area contributed by atoms with E-state index in [2.05, 4.69) is 16.2 Å². The van der Waals surface area contributed by atoms with Crippen LogP contribution in [0, 0.1) is 0 Å². The molecule has 0 aliphatic carbocycles. The van der Waals surface area contributed by atoms with Crippen molar-refractivity contribution in [3.63, 3.8) is 0 Å². The normalized spacial score (nSPS) is 15.5. The van der Waals surface area contributed by atoms with Gasteiger partial charge in [-0.25, -0.2) is 5.53 Å². The molecule has 2 N–H and O–H groups in total. The van der Waals surface area contributed by atoms with E-state index in [1.807, 2.05) is 0 Å². The molecule has 0 unspecified atom stereocenters. The maximum Gasteiger partial charge on any atom is 0.327 e. The predicted molar refractivity (Wildman–Crippen MR) is 42.7 cm³/mol. The molecule has 0 radical (unpaired) electrons. The van der Waals surface area contributed by atoms with Crippen molar-refractivity contribution in [3.8, 4) is 0 Å². The van der Waals surface area contributed by atoms with Gasteiger partial charge in [-0.2, -0.15) is 0 Å². The van der Waals surface area contributed by atoms with Gasteiger partial charge in [-0.15, -0.1) is 10.6 Å². The standard InChI is InChI=1S/C6H12N4O2/c1-3-12-6(11)4-10-5(2)7-8-9-10/h8-9H,3-4H2,1-2H3. The first-order chi connectivity index (χ1) is 5.74. The highest BCUT2D eigenvalue weighted by molar-refractivity contribution is 5.84. The second-order valence-electron chi connectivity index (χ2n) is 2.27. The molecule has 0 saturated heterocycles. The average Bonchev–Trinajstić information content (AvgIpc) is 2.37. The highest BCUT2D eigenvalue weighted by Crippen LogP contribution is 1.92. The van der Waals surface area contributed by atoms with Gasteiger partial charge in [0.2, 0.25) is 0 Å². The van der Waals surface area contributed by atoms with E-state index in [0.717, 1.165) is 0 Å². The molecule has 1 aliphatic rings. The van der Waals surface area contributed by atoms with Gasteiger partial charge in [-0.1, -0.05) is 0 Å². The van der Waals surface area contributed by atoms with Crippen molar-refractivity contribution in [1.29, 1.82) is 0 Å². The van der Waals surface area contributed by atoms with Crippen molar-refractivity contribution in [3.05, 3.63) is 0 Å². The molecule has 0 spiro atoms.